The fourth-order valence-electron chi connectivity index (χ4n) is 3.92. The number of hydrogen-bond acceptors (Lipinski definition) is 8. The first-order valence-electron chi connectivity index (χ1n) is 13.0. The van der Waals surface area contributed by atoms with Crippen LogP contribution in [0.4, 0.5) is 21.4 Å². The second-order valence-corrected chi connectivity index (χ2v) is 11.3. The van der Waals surface area contributed by atoms with Gasteiger partial charge in [0.15, 0.2) is 0 Å². The van der Waals surface area contributed by atoms with Gasteiger partial charge in [-0.3, -0.25) is 4.90 Å². The minimum atomic E-state index is -0.872. The average Bonchev–Trinajstić information content (AvgIpc) is 2.78. The van der Waals surface area contributed by atoms with Crippen molar-refractivity contribution < 1.29 is 19.1 Å². The lowest BCUT2D eigenvalue weighted by molar-refractivity contribution is 0.0427. The monoisotopic (exact) mass is 511 g/mol. The van der Waals surface area contributed by atoms with Gasteiger partial charge in [0.25, 0.3) is 0 Å². The fraction of sp³-hybridized carbons (Fsp3) is 0.571. The number of benzene rings is 1. The maximum absolute atomic E-state index is 13.2. The molecule has 2 amide bonds. The van der Waals surface area contributed by atoms with Gasteiger partial charge in [0.2, 0.25) is 5.95 Å². The SMILES string of the molecule is CCCCNc1nc(N(C(=O)OC(C)(C)C)C(=O)OC(C)(C)C)nc2c1CN(Cc1ccccc1)CC2. The quantitative estimate of drug-likeness (QED) is 0.457. The third-order valence-corrected chi connectivity index (χ3v) is 5.55. The van der Waals surface area contributed by atoms with E-state index in [1.165, 1.54) is 5.56 Å². The van der Waals surface area contributed by atoms with Gasteiger partial charge in [-0.25, -0.2) is 14.6 Å². The van der Waals surface area contributed by atoms with E-state index in [4.69, 9.17) is 14.5 Å². The van der Waals surface area contributed by atoms with Crippen LogP contribution in [-0.2, 0) is 29.0 Å². The first-order chi connectivity index (χ1) is 17.4. The predicted octanol–water partition coefficient (Wildman–Crippen LogP) is 5.92. The summed E-state index contributed by atoms with van der Waals surface area (Å²) in [5.41, 5.74) is 1.41. The molecular formula is C28H41N5O4. The molecule has 0 atom stereocenters. The molecule has 0 bridgehead atoms. The van der Waals surface area contributed by atoms with Crippen LogP contribution in [0.25, 0.3) is 0 Å². The lowest BCUT2D eigenvalue weighted by Gasteiger charge is -2.31. The van der Waals surface area contributed by atoms with E-state index in [0.717, 1.165) is 48.6 Å². The van der Waals surface area contributed by atoms with E-state index in [1.54, 1.807) is 41.5 Å². The number of nitrogens with one attached hydrogen (secondary N) is 1. The molecule has 9 nitrogen and oxygen atoms in total. The zero-order valence-corrected chi connectivity index (χ0v) is 23.3. The van der Waals surface area contributed by atoms with Crippen LogP contribution in [0.5, 0.6) is 0 Å². The molecule has 0 saturated heterocycles. The first kappa shape index (κ1) is 28.4. The van der Waals surface area contributed by atoms with Crippen LogP contribution in [-0.4, -0.2) is 51.3 Å². The van der Waals surface area contributed by atoms with E-state index in [0.29, 0.717) is 18.8 Å². The number of unbranched alkanes of at least 4 members (excludes halogenated alkanes) is 1. The standard InChI is InChI=1S/C28H41N5O4/c1-8-9-16-29-23-21-19-32(18-20-13-11-10-12-14-20)17-15-22(21)30-24(31-23)33(25(34)36-27(2,3)4)26(35)37-28(5,6)7/h10-14H,8-9,15-19H2,1-7H3,(H,29,30,31). The van der Waals surface area contributed by atoms with E-state index >= 15 is 0 Å². The summed E-state index contributed by atoms with van der Waals surface area (Å²) in [5, 5.41) is 3.42. The van der Waals surface area contributed by atoms with Crippen LogP contribution in [0.2, 0.25) is 0 Å². The van der Waals surface area contributed by atoms with Crippen molar-refractivity contribution in [1.29, 1.82) is 0 Å². The molecule has 0 spiro atoms. The highest BCUT2D eigenvalue weighted by atomic mass is 16.6. The van der Waals surface area contributed by atoms with Crippen LogP contribution >= 0.6 is 0 Å². The number of imide groups is 1. The molecule has 0 saturated carbocycles. The number of anilines is 2. The highest BCUT2D eigenvalue weighted by molar-refractivity contribution is 6.08. The molecule has 37 heavy (non-hydrogen) atoms. The zero-order chi connectivity index (χ0) is 27.2. The van der Waals surface area contributed by atoms with Crippen molar-refractivity contribution in [3.8, 4) is 0 Å². The number of nitrogens with zero attached hydrogens (tertiary/aromatic N) is 4. The fourth-order valence-corrected chi connectivity index (χ4v) is 3.92. The Bertz CT molecular complexity index is 1050. The van der Waals surface area contributed by atoms with Crippen LogP contribution < -0.4 is 10.2 Å². The summed E-state index contributed by atoms with van der Waals surface area (Å²) in [4.78, 5) is 38.9. The molecule has 1 aromatic heterocycles. The summed E-state index contributed by atoms with van der Waals surface area (Å²) < 4.78 is 11.1. The number of fused-ring (bicyclic) bond motifs is 1. The molecular weight excluding hydrogens is 470 g/mol. The van der Waals surface area contributed by atoms with Gasteiger partial charge in [0, 0.05) is 38.2 Å². The molecule has 0 fully saturated rings. The van der Waals surface area contributed by atoms with Crippen LogP contribution in [0.15, 0.2) is 30.3 Å². The minimum Gasteiger partial charge on any atom is -0.443 e. The topological polar surface area (TPSA) is 96.9 Å². The molecule has 9 heteroatoms. The lowest BCUT2D eigenvalue weighted by atomic mass is 10.0. The normalized spacial score (nSPS) is 14.0. The second kappa shape index (κ2) is 11.9. The summed E-state index contributed by atoms with van der Waals surface area (Å²) >= 11 is 0. The number of rotatable bonds is 7. The summed E-state index contributed by atoms with van der Waals surface area (Å²) in [5.74, 6) is 0.584. The van der Waals surface area contributed by atoms with Crippen molar-refractivity contribution in [1.82, 2.24) is 14.9 Å². The molecule has 0 aliphatic carbocycles. The van der Waals surface area contributed by atoms with Gasteiger partial charge in [-0.1, -0.05) is 43.7 Å². The number of carbonyl (C=O) groups excluding carboxylic acids is 2. The largest absolute Gasteiger partial charge is 0.443 e. The van der Waals surface area contributed by atoms with E-state index in [9.17, 15) is 9.59 Å². The van der Waals surface area contributed by atoms with Crippen LogP contribution in [0.3, 0.4) is 0 Å². The Morgan fingerprint density at radius 3 is 2.19 bits per heavy atom. The summed E-state index contributed by atoms with van der Waals surface area (Å²) in [7, 11) is 0. The second-order valence-electron chi connectivity index (χ2n) is 11.3. The highest BCUT2D eigenvalue weighted by Gasteiger charge is 2.36. The minimum absolute atomic E-state index is 0.0437. The number of amides is 2. The Morgan fingerprint density at radius 2 is 1.62 bits per heavy atom. The van der Waals surface area contributed by atoms with Crippen LogP contribution in [0, 0.1) is 0 Å². The smallest absolute Gasteiger partial charge is 0.427 e. The van der Waals surface area contributed by atoms with Gasteiger partial charge >= 0.3 is 12.2 Å². The first-order valence-corrected chi connectivity index (χ1v) is 13.0. The van der Waals surface area contributed by atoms with Crippen molar-refractivity contribution in [2.24, 2.45) is 0 Å². The van der Waals surface area contributed by atoms with Crippen molar-refractivity contribution in [3.05, 3.63) is 47.2 Å². The van der Waals surface area contributed by atoms with Crippen molar-refractivity contribution in [2.75, 3.05) is 23.3 Å². The summed E-state index contributed by atoms with van der Waals surface area (Å²) in [6.07, 6.45) is 0.903. The van der Waals surface area contributed by atoms with Crippen LogP contribution in [0.1, 0.15) is 78.1 Å². The average molecular weight is 512 g/mol. The van der Waals surface area contributed by atoms with E-state index < -0.39 is 23.4 Å². The van der Waals surface area contributed by atoms with Crippen molar-refractivity contribution in [2.45, 2.75) is 92.0 Å². The Balaban J connectivity index is 1.98. The zero-order valence-electron chi connectivity index (χ0n) is 23.3. The van der Waals surface area contributed by atoms with Gasteiger partial charge in [-0.2, -0.15) is 4.98 Å². The van der Waals surface area contributed by atoms with Crippen molar-refractivity contribution >= 4 is 24.0 Å². The lowest BCUT2D eigenvalue weighted by Crippen LogP contribution is -2.45. The highest BCUT2D eigenvalue weighted by Crippen LogP contribution is 2.29. The van der Waals surface area contributed by atoms with Gasteiger partial charge < -0.3 is 14.8 Å². The number of carbonyl (C=O) groups is 2. The van der Waals surface area contributed by atoms with Gasteiger partial charge in [-0.15, -0.1) is 4.90 Å². The van der Waals surface area contributed by atoms with Crippen molar-refractivity contribution in [3.63, 3.8) is 0 Å². The Morgan fingerprint density at radius 1 is 1.00 bits per heavy atom. The molecule has 202 valence electrons. The summed E-state index contributed by atoms with van der Waals surface area (Å²) in [6, 6.07) is 10.3. The molecule has 0 radical (unpaired) electrons. The number of ether oxygens (including phenoxy) is 2. The molecule has 1 N–H and O–H groups in total. The van der Waals surface area contributed by atoms with E-state index in [-0.39, 0.29) is 5.95 Å². The third kappa shape index (κ3) is 8.42. The Kier molecular flexibility index (Phi) is 9.12. The molecule has 3 rings (SSSR count). The predicted molar refractivity (Wildman–Crippen MR) is 145 cm³/mol. The van der Waals surface area contributed by atoms with E-state index in [2.05, 4.69) is 34.3 Å². The molecule has 1 aliphatic heterocycles. The molecule has 1 aliphatic rings. The summed E-state index contributed by atoms with van der Waals surface area (Å²) in [6.45, 7) is 15.6. The molecule has 0 unspecified atom stereocenters. The van der Waals surface area contributed by atoms with Gasteiger partial charge in [0.05, 0.1) is 5.69 Å². The maximum Gasteiger partial charge on any atom is 0.427 e. The molecule has 2 aromatic rings. The Hall–Kier alpha value is -3.20. The Labute approximate surface area is 220 Å². The maximum atomic E-state index is 13.2. The van der Waals surface area contributed by atoms with E-state index in [1.807, 2.05) is 18.2 Å². The third-order valence-electron chi connectivity index (χ3n) is 5.55. The molecule has 1 aromatic carbocycles. The number of hydrogen-bond donors (Lipinski definition) is 1. The van der Waals surface area contributed by atoms with Gasteiger partial charge in [-0.05, 0) is 53.5 Å². The van der Waals surface area contributed by atoms with Gasteiger partial charge in [0.1, 0.15) is 17.0 Å². The number of aromatic nitrogens is 2. The molecule has 2 heterocycles.